The zero-order valence-electron chi connectivity index (χ0n) is 17.3. The maximum absolute atomic E-state index is 12.7. The van der Waals surface area contributed by atoms with Gasteiger partial charge in [0, 0.05) is 31.4 Å². The van der Waals surface area contributed by atoms with Crippen LogP contribution >= 0.6 is 0 Å². The van der Waals surface area contributed by atoms with E-state index in [4.69, 9.17) is 9.15 Å². The summed E-state index contributed by atoms with van der Waals surface area (Å²) < 4.78 is 10.8. The summed E-state index contributed by atoms with van der Waals surface area (Å²) in [6.07, 6.45) is 3.93. The molecule has 3 N–H and O–H groups in total. The largest absolute Gasteiger partial charge is 0.504 e. The van der Waals surface area contributed by atoms with Crippen molar-refractivity contribution in [2.75, 3.05) is 13.7 Å². The number of carbonyl (C=O) groups excluding carboxylic acids is 1. The number of ether oxygens (including phenoxy) is 1. The molecule has 0 radical (unpaired) electrons. The van der Waals surface area contributed by atoms with Crippen molar-refractivity contribution in [1.29, 1.82) is 0 Å². The van der Waals surface area contributed by atoms with Gasteiger partial charge in [-0.25, -0.2) is 0 Å². The van der Waals surface area contributed by atoms with Crippen molar-refractivity contribution >= 4 is 5.91 Å². The number of amides is 1. The van der Waals surface area contributed by atoms with Crippen LogP contribution in [0.25, 0.3) is 0 Å². The molecular formula is C23H24N2O6. The number of aryl methyl sites for hydroxylation is 1. The van der Waals surface area contributed by atoms with E-state index in [0.717, 1.165) is 5.56 Å². The topological polar surface area (TPSA) is 122 Å². The molecule has 0 bridgehead atoms. The van der Waals surface area contributed by atoms with Gasteiger partial charge in [0.15, 0.2) is 17.3 Å². The first-order valence-corrected chi connectivity index (χ1v) is 9.75. The van der Waals surface area contributed by atoms with Crippen LogP contribution in [0.3, 0.4) is 0 Å². The van der Waals surface area contributed by atoms with Crippen LogP contribution in [0.4, 0.5) is 0 Å². The number of nitrogens with one attached hydrogen (secondary N) is 1. The van der Waals surface area contributed by atoms with Crippen LogP contribution in [-0.4, -0.2) is 34.8 Å². The Morgan fingerprint density at radius 2 is 1.94 bits per heavy atom. The molecule has 3 aromatic rings. The molecule has 0 aliphatic carbocycles. The van der Waals surface area contributed by atoms with E-state index in [9.17, 15) is 19.8 Å². The second kappa shape index (κ2) is 9.80. The quantitative estimate of drug-likeness (QED) is 0.508. The first-order valence-electron chi connectivity index (χ1n) is 9.75. The summed E-state index contributed by atoms with van der Waals surface area (Å²) >= 11 is 0. The Kier molecular flexibility index (Phi) is 6.92. The van der Waals surface area contributed by atoms with E-state index in [1.807, 2.05) is 12.1 Å². The Bertz CT molecular complexity index is 1110. The summed E-state index contributed by atoms with van der Waals surface area (Å²) in [7, 11) is 1.41. The van der Waals surface area contributed by atoms with Crippen molar-refractivity contribution in [3.63, 3.8) is 0 Å². The fourth-order valence-corrected chi connectivity index (χ4v) is 3.29. The third-order valence-electron chi connectivity index (χ3n) is 4.87. The number of pyridine rings is 1. The SMILES string of the molecule is COc1cc([C@H](CC(=O)NCCc2ccncc2)c2oc(C)cc(=O)c2O)ccc1O. The first kappa shape index (κ1) is 21.9. The Hall–Kier alpha value is -3.81. The number of benzene rings is 1. The Morgan fingerprint density at radius 3 is 2.65 bits per heavy atom. The Balaban J connectivity index is 1.86. The number of carbonyl (C=O) groups is 1. The Labute approximate surface area is 179 Å². The van der Waals surface area contributed by atoms with Crippen molar-refractivity contribution in [2.24, 2.45) is 0 Å². The van der Waals surface area contributed by atoms with Gasteiger partial charge in [-0.15, -0.1) is 0 Å². The molecule has 0 unspecified atom stereocenters. The zero-order chi connectivity index (χ0) is 22.4. The molecule has 1 aromatic carbocycles. The number of rotatable bonds is 8. The molecule has 1 atom stereocenters. The standard InChI is InChI=1S/C23H24N2O6/c1-14-11-19(27)22(29)23(31-14)17(16-3-4-18(26)20(12-16)30-2)13-21(28)25-10-7-15-5-8-24-9-6-15/h3-6,8-9,11-12,17,26,29H,7,10,13H2,1-2H3,(H,25,28)/t17-/m0/s1. The highest BCUT2D eigenvalue weighted by molar-refractivity contribution is 5.77. The minimum atomic E-state index is -0.761. The lowest BCUT2D eigenvalue weighted by Crippen LogP contribution is -2.27. The lowest BCUT2D eigenvalue weighted by atomic mass is 9.91. The molecule has 31 heavy (non-hydrogen) atoms. The van der Waals surface area contributed by atoms with Crippen molar-refractivity contribution in [1.82, 2.24) is 10.3 Å². The van der Waals surface area contributed by atoms with E-state index in [-0.39, 0.29) is 29.6 Å². The highest BCUT2D eigenvalue weighted by Crippen LogP contribution is 2.37. The number of phenols is 1. The molecule has 8 nitrogen and oxygen atoms in total. The van der Waals surface area contributed by atoms with Gasteiger partial charge in [-0.1, -0.05) is 6.07 Å². The Morgan fingerprint density at radius 1 is 1.19 bits per heavy atom. The lowest BCUT2D eigenvalue weighted by molar-refractivity contribution is -0.121. The number of hydrogen-bond acceptors (Lipinski definition) is 7. The molecule has 0 fully saturated rings. The lowest BCUT2D eigenvalue weighted by Gasteiger charge is -2.19. The predicted molar refractivity (Wildman–Crippen MR) is 113 cm³/mol. The fourth-order valence-electron chi connectivity index (χ4n) is 3.29. The van der Waals surface area contributed by atoms with Crippen LogP contribution < -0.4 is 15.5 Å². The van der Waals surface area contributed by atoms with Crippen molar-refractivity contribution in [3.8, 4) is 17.2 Å². The highest BCUT2D eigenvalue weighted by atomic mass is 16.5. The number of methoxy groups -OCH3 is 1. The number of aromatic hydroxyl groups is 2. The van der Waals surface area contributed by atoms with Crippen LogP contribution in [-0.2, 0) is 11.2 Å². The van der Waals surface area contributed by atoms with Crippen LogP contribution in [0.5, 0.6) is 17.2 Å². The maximum atomic E-state index is 12.7. The summed E-state index contributed by atoms with van der Waals surface area (Å²) in [6.45, 7) is 2.01. The van der Waals surface area contributed by atoms with Crippen molar-refractivity contribution in [2.45, 2.75) is 25.7 Å². The van der Waals surface area contributed by atoms with E-state index in [1.165, 1.54) is 19.2 Å². The summed E-state index contributed by atoms with van der Waals surface area (Å²) in [6, 6.07) is 9.49. The monoisotopic (exact) mass is 424 g/mol. The molecular weight excluding hydrogens is 400 g/mol. The van der Waals surface area contributed by atoms with Gasteiger partial charge in [0.25, 0.3) is 0 Å². The summed E-state index contributed by atoms with van der Waals surface area (Å²) in [5.41, 5.74) is 0.994. The van der Waals surface area contributed by atoms with E-state index in [2.05, 4.69) is 10.3 Å². The smallest absolute Gasteiger partial charge is 0.227 e. The van der Waals surface area contributed by atoms with Gasteiger partial charge in [-0.2, -0.15) is 0 Å². The van der Waals surface area contributed by atoms with E-state index in [1.54, 1.807) is 31.5 Å². The van der Waals surface area contributed by atoms with Gasteiger partial charge in [-0.05, 0) is 48.7 Å². The van der Waals surface area contributed by atoms with Gasteiger partial charge in [0.05, 0.1) is 13.0 Å². The second-order valence-corrected chi connectivity index (χ2v) is 7.08. The van der Waals surface area contributed by atoms with E-state index in [0.29, 0.717) is 24.3 Å². The minimum Gasteiger partial charge on any atom is -0.504 e. The molecule has 0 aliphatic heterocycles. The molecule has 162 valence electrons. The number of aromatic nitrogens is 1. The van der Waals surface area contributed by atoms with Crippen molar-refractivity contribution in [3.05, 3.63) is 81.7 Å². The highest BCUT2D eigenvalue weighted by Gasteiger charge is 2.26. The van der Waals surface area contributed by atoms with Crippen LogP contribution in [0.2, 0.25) is 0 Å². The molecule has 0 saturated heterocycles. The molecule has 0 spiro atoms. The minimum absolute atomic E-state index is 0.0120. The van der Waals surface area contributed by atoms with Gasteiger partial charge < -0.3 is 24.7 Å². The molecule has 3 rings (SSSR count). The van der Waals surface area contributed by atoms with Crippen LogP contribution in [0, 0.1) is 6.92 Å². The molecule has 8 heteroatoms. The van der Waals surface area contributed by atoms with Crippen LogP contribution in [0.15, 0.2) is 58.0 Å². The molecule has 2 heterocycles. The number of phenolic OH excluding ortho intramolecular Hbond substituents is 1. The molecule has 0 aliphatic rings. The van der Waals surface area contributed by atoms with Gasteiger partial charge >= 0.3 is 0 Å². The predicted octanol–water partition coefficient (Wildman–Crippen LogP) is 2.64. The van der Waals surface area contributed by atoms with Gasteiger partial charge in [-0.3, -0.25) is 14.6 Å². The maximum Gasteiger partial charge on any atom is 0.227 e. The molecule has 0 saturated carbocycles. The summed E-state index contributed by atoms with van der Waals surface area (Å²) in [5, 5.41) is 23.1. The molecule has 2 aromatic heterocycles. The average Bonchev–Trinajstić information content (AvgIpc) is 2.76. The van der Waals surface area contributed by atoms with Crippen LogP contribution in [0.1, 0.15) is 35.0 Å². The van der Waals surface area contributed by atoms with E-state index < -0.39 is 17.1 Å². The second-order valence-electron chi connectivity index (χ2n) is 7.08. The molecule has 1 amide bonds. The number of hydrogen-bond donors (Lipinski definition) is 3. The third-order valence-corrected chi connectivity index (χ3v) is 4.87. The number of nitrogens with zero attached hydrogens (tertiary/aromatic N) is 1. The summed E-state index contributed by atoms with van der Waals surface area (Å²) in [4.78, 5) is 28.8. The third kappa shape index (κ3) is 5.42. The average molecular weight is 424 g/mol. The van der Waals surface area contributed by atoms with Gasteiger partial charge in [0.2, 0.25) is 17.1 Å². The fraction of sp³-hybridized carbons (Fsp3) is 0.261. The normalized spacial score (nSPS) is 11.7. The summed E-state index contributed by atoms with van der Waals surface area (Å²) in [5.74, 6) is -1.16. The van der Waals surface area contributed by atoms with Gasteiger partial charge in [0.1, 0.15) is 5.76 Å². The van der Waals surface area contributed by atoms with E-state index >= 15 is 0 Å². The zero-order valence-corrected chi connectivity index (χ0v) is 17.3. The van der Waals surface area contributed by atoms with Crippen molar-refractivity contribution < 1.29 is 24.2 Å². The first-order chi connectivity index (χ1) is 14.9.